The number of rotatable bonds is 16. The van der Waals surface area contributed by atoms with E-state index < -0.39 is 11.5 Å². The van der Waals surface area contributed by atoms with Gasteiger partial charge in [-0.25, -0.2) is 0 Å². The van der Waals surface area contributed by atoms with Gasteiger partial charge in [-0.3, -0.25) is 14.4 Å². The van der Waals surface area contributed by atoms with E-state index in [9.17, 15) is 19.5 Å². The summed E-state index contributed by atoms with van der Waals surface area (Å²) >= 11 is 0. The first kappa shape index (κ1) is 41.7. The van der Waals surface area contributed by atoms with E-state index in [1.807, 2.05) is 24.3 Å². The van der Waals surface area contributed by atoms with E-state index in [2.05, 4.69) is 110 Å². The highest BCUT2D eigenvalue weighted by atomic mass is 16.3. The fourth-order valence-corrected chi connectivity index (χ4v) is 7.19. The first-order valence-electron chi connectivity index (χ1n) is 20.3. The first-order chi connectivity index (χ1) is 26.9. The first-order valence-corrected chi connectivity index (χ1v) is 20.3. The second kappa shape index (κ2) is 18.9. The van der Waals surface area contributed by atoms with Crippen LogP contribution in [0.15, 0.2) is 108 Å². The van der Waals surface area contributed by atoms with Gasteiger partial charge in [0.25, 0.3) is 0 Å². The molecule has 2 unspecified atom stereocenters. The highest BCUT2D eigenvalue weighted by molar-refractivity contribution is 6.40. The van der Waals surface area contributed by atoms with Crippen molar-refractivity contribution >= 4 is 51.6 Å². The van der Waals surface area contributed by atoms with Crippen molar-refractivity contribution in [1.29, 1.82) is 0 Å². The van der Waals surface area contributed by atoms with E-state index >= 15 is 0 Å². The minimum atomic E-state index is -0.430. The molecule has 8 heteroatoms. The lowest BCUT2D eigenvalue weighted by Gasteiger charge is -2.34. The van der Waals surface area contributed by atoms with Gasteiger partial charge >= 0.3 is 0 Å². The van der Waals surface area contributed by atoms with Crippen LogP contribution in [0.25, 0.3) is 5.57 Å². The molecule has 2 amide bonds. The molecule has 0 bridgehead atoms. The third-order valence-corrected chi connectivity index (χ3v) is 10.9. The molecule has 0 radical (unpaired) electrons. The molecule has 8 nitrogen and oxygen atoms in total. The zero-order chi connectivity index (χ0) is 40.5. The second-order valence-corrected chi connectivity index (χ2v) is 15.0. The van der Waals surface area contributed by atoms with Crippen LogP contribution in [0.5, 0.6) is 0 Å². The van der Waals surface area contributed by atoms with Gasteiger partial charge in [0.2, 0.25) is 23.2 Å². The van der Waals surface area contributed by atoms with Crippen LogP contribution >= 0.6 is 0 Å². The molecule has 0 aliphatic heterocycles. The van der Waals surface area contributed by atoms with Crippen LogP contribution in [0, 0.1) is 0 Å². The molecule has 3 aromatic carbocycles. The fourth-order valence-electron chi connectivity index (χ4n) is 7.19. The zero-order valence-electron chi connectivity index (χ0n) is 34.4. The Kier molecular flexibility index (Phi) is 14.1. The summed E-state index contributed by atoms with van der Waals surface area (Å²) in [6, 6.07) is 22.7. The average Bonchev–Trinajstić information content (AvgIpc) is 3.19. The summed E-state index contributed by atoms with van der Waals surface area (Å²) in [5.74, 6) is -0.561. The fraction of sp³-hybridized carbons (Fsp3) is 0.375. The lowest BCUT2D eigenvalue weighted by molar-refractivity contribution is -0.439. The molecule has 2 aliphatic rings. The molecule has 0 saturated heterocycles. The Morgan fingerprint density at radius 2 is 1.34 bits per heavy atom. The van der Waals surface area contributed by atoms with E-state index in [1.54, 1.807) is 12.1 Å². The molecule has 294 valence electrons. The highest BCUT2D eigenvalue weighted by Crippen LogP contribution is 2.43. The van der Waals surface area contributed by atoms with Gasteiger partial charge in [-0.05, 0) is 72.6 Å². The number of nitrogens with one attached hydrogen (secondary N) is 2. The number of anilines is 3. The van der Waals surface area contributed by atoms with E-state index in [0.717, 1.165) is 74.4 Å². The third kappa shape index (κ3) is 9.30. The number of ketones is 1. The molecule has 2 aliphatic carbocycles. The molecule has 5 rings (SSSR count). The summed E-state index contributed by atoms with van der Waals surface area (Å²) in [6.45, 7) is 17.4. The highest BCUT2D eigenvalue weighted by Gasteiger charge is 2.35. The van der Waals surface area contributed by atoms with E-state index in [4.69, 9.17) is 0 Å². The predicted molar refractivity (Wildman–Crippen MR) is 228 cm³/mol. The third-order valence-electron chi connectivity index (χ3n) is 10.9. The summed E-state index contributed by atoms with van der Waals surface area (Å²) in [4.78, 5) is 41.3. The van der Waals surface area contributed by atoms with Crippen LogP contribution < -0.4 is 20.6 Å². The van der Waals surface area contributed by atoms with Crippen LogP contribution in [-0.2, 0) is 14.4 Å². The van der Waals surface area contributed by atoms with Crippen molar-refractivity contribution in [2.75, 3.05) is 23.3 Å². The number of nitrogens with zero attached hydrogens (tertiary/aromatic N) is 2. The van der Waals surface area contributed by atoms with Gasteiger partial charge in [0.1, 0.15) is 6.54 Å². The molecule has 0 saturated carbocycles. The summed E-state index contributed by atoms with van der Waals surface area (Å²) in [5.41, 5.74) is 7.85. The van der Waals surface area contributed by atoms with E-state index in [1.165, 1.54) is 25.0 Å². The molecule has 0 spiro atoms. The van der Waals surface area contributed by atoms with Crippen LogP contribution in [0.1, 0.15) is 122 Å². The van der Waals surface area contributed by atoms with Gasteiger partial charge in [0.05, 0.1) is 11.4 Å². The Morgan fingerprint density at radius 3 is 1.89 bits per heavy atom. The number of carbonyl (C=O) groups is 3. The number of Topliss-reactive ketones (excluding diaryl/α,β-unsaturated/α-hetero) is 1. The van der Waals surface area contributed by atoms with Crippen molar-refractivity contribution in [2.24, 2.45) is 0 Å². The average molecular weight is 755 g/mol. The van der Waals surface area contributed by atoms with Gasteiger partial charge in [0.15, 0.2) is 5.78 Å². The minimum Gasteiger partial charge on any atom is -0.871 e. The van der Waals surface area contributed by atoms with Gasteiger partial charge < -0.3 is 20.6 Å². The number of benzene rings is 3. The lowest BCUT2D eigenvalue weighted by Crippen LogP contribution is -2.33. The Hall–Kier alpha value is -5.50. The minimum absolute atomic E-state index is 0.0112. The van der Waals surface area contributed by atoms with Crippen LogP contribution in [0.2, 0.25) is 0 Å². The smallest absolute Gasteiger partial charge is 0.221 e. The maximum atomic E-state index is 14.1. The molecule has 0 aromatic heterocycles. The number of unbranched alkanes of at least 4 members (excludes halogenated alkanes) is 2. The van der Waals surface area contributed by atoms with Crippen molar-refractivity contribution < 1.29 is 24.1 Å². The molecule has 56 heavy (non-hydrogen) atoms. The number of hydrogen-bond donors (Lipinski definition) is 2. The Balaban J connectivity index is 1.57. The Labute approximate surface area is 333 Å². The number of hydrogen-bond acceptors (Lipinski definition) is 5. The maximum absolute atomic E-state index is 14.1. The van der Waals surface area contributed by atoms with Crippen molar-refractivity contribution in [3.05, 3.63) is 124 Å². The lowest BCUT2D eigenvalue weighted by atomic mass is 9.78. The quantitative estimate of drug-likeness (QED) is 0.112. The van der Waals surface area contributed by atoms with E-state index in [0.29, 0.717) is 34.4 Å². The molecular formula is C48H58N4O4. The molecule has 0 fully saturated rings. The van der Waals surface area contributed by atoms with Crippen molar-refractivity contribution in [2.45, 2.75) is 106 Å². The second-order valence-electron chi connectivity index (χ2n) is 15.0. The normalized spacial score (nSPS) is 17.2. The summed E-state index contributed by atoms with van der Waals surface area (Å²) in [7, 11) is 0. The largest absolute Gasteiger partial charge is 0.871 e. The molecule has 2 atom stereocenters. The molecule has 3 aromatic rings. The SMILES string of the molecule is CCCCN(c1ccc(C(C)CC)cc1)c1ccc(C2=C([O-])/C(=C3\C=CC(=[N+](CCCC)c4ccc(C(C)CC)cc4)C=C3NC(C)=O)C2=O)c(NC(C)=O)c1. The number of amides is 2. The van der Waals surface area contributed by atoms with Crippen molar-refractivity contribution in [1.82, 2.24) is 5.32 Å². The van der Waals surface area contributed by atoms with E-state index in [-0.39, 0.29) is 23.0 Å². The molecule has 2 N–H and O–H groups in total. The Morgan fingerprint density at radius 1 is 0.750 bits per heavy atom. The summed E-state index contributed by atoms with van der Waals surface area (Å²) in [6.07, 6.45) is 11.5. The number of allylic oxidation sites excluding steroid dienone is 5. The van der Waals surface area contributed by atoms with Crippen LogP contribution in [0.4, 0.5) is 22.7 Å². The molecule has 0 heterocycles. The van der Waals surface area contributed by atoms with Crippen molar-refractivity contribution in [3.8, 4) is 0 Å². The van der Waals surface area contributed by atoms with Gasteiger partial charge in [-0.1, -0.05) is 90.5 Å². The molecular weight excluding hydrogens is 697 g/mol. The van der Waals surface area contributed by atoms with Gasteiger partial charge in [-0.15, -0.1) is 0 Å². The maximum Gasteiger partial charge on any atom is 0.221 e. The van der Waals surface area contributed by atoms with Gasteiger partial charge in [-0.2, -0.15) is 4.58 Å². The summed E-state index contributed by atoms with van der Waals surface area (Å²) in [5, 5.41) is 19.9. The summed E-state index contributed by atoms with van der Waals surface area (Å²) < 4.78 is 2.21. The Bertz CT molecular complexity index is 2100. The monoisotopic (exact) mass is 754 g/mol. The standard InChI is InChI=1S/C48H58N4O4/c1-9-13-27-51(37-19-15-35(16-20-37)31(5)11-3)39-23-25-41(43(29-39)49-33(7)53)45-47(55)46(48(45)56)42-26-24-40(30-44(42)50-34(8)54)52(28-14-10-2)38-21-17-36(18-22-38)32(6)12-4/h15-26,29-32H,9-14,27-28H2,1-8H3,(H2,49,50,53,54,55,56). The predicted octanol–water partition coefficient (Wildman–Crippen LogP) is 9.74. The van der Waals surface area contributed by atoms with Crippen molar-refractivity contribution in [3.63, 3.8) is 0 Å². The topological polar surface area (TPSA) is 105 Å². The van der Waals surface area contributed by atoms with Gasteiger partial charge in [0, 0.05) is 84.8 Å². The zero-order valence-corrected chi connectivity index (χ0v) is 34.4. The van der Waals surface area contributed by atoms with Crippen LogP contribution in [0.3, 0.4) is 0 Å². The number of carbonyl (C=O) groups excluding carboxylic acids is 3. The van der Waals surface area contributed by atoms with Crippen LogP contribution in [-0.4, -0.2) is 41.0 Å².